The zero-order valence-electron chi connectivity index (χ0n) is 12.8. The Morgan fingerprint density at radius 3 is 2.48 bits per heavy atom. The van der Waals surface area contributed by atoms with Crippen LogP contribution in [0.15, 0.2) is 41.8 Å². The molecular formula is C18H24N2S. The molecule has 2 atom stereocenters. The lowest BCUT2D eigenvalue weighted by molar-refractivity contribution is 0.193. The van der Waals surface area contributed by atoms with Crippen LogP contribution in [0.5, 0.6) is 0 Å². The van der Waals surface area contributed by atoms with Crippen LogP contribution in [0.3, 0.4) is 0 Å². The topological polar surface area (TPSA) is 29.3 Å². The van der Waals surface area contributed by atoms with Crippen molar-refractivity contribution in [1.29, 1.82) is 0 Å². The van der Waals surface area contributed by atoms with Crippen molar-refractivity contribution in [1.82, 2.24) is 4.90 Å². The molecule has 1 aromatic heterocycles. The van der Waals surface area contributed by atoms with Crippen LogP contribution in [0.1, 0.15) is 53.8 Å². The van der Waals surface area contributed by atoms with Crippen molar-refractivity contribution >= 4 is 11.3 Å². The Morgan fingerprint density at radius 1 is 1.24 bits per heavy atom. The molecule has 2 nitrogen and oxygen atoms in total. The molecule has 0 spiro atoms. The SMILES string of the molecule is CC(c1cccs1)N(C)C(CN)c1ccc(C2CC2)cc1. The third-order valence-corrected chi connectivity index (χ3v) is 5.69. The minimum absolute atomic E-state index is 0.273. The number of thiophene rings is 1. The highest BCUT2D eigenvalue weighted by Gasteiger charge is 2.25. The Morgan fingerprint density at radius 2 is 1.95 bits per heavy atom. The molecule has 2 N–H and O–H groups in total. The summed E-state index contributed by atoms with van der Waals surface area (Å²) in [5, 5.41) is 2.14. The van der Waals surface area contributed by atoms with Gasteiger partial charge in [-0.15, -0.1) is 11.3 Å². The van der Waals surface area contributed by atoms with Crippen molar-refractivity contribution in [2.45, 2.75) is 37.8 Å². The van der Waals surface area contributed by atoms with E-state index in [1.54, 1.807) is 0 Å². The van der Waals surface area contributed by atoms with Gasteiger partial charge < -0.3 is 5.73 Å². The predicted molar refractivity (Wildman–Crippen MR) is 90.7 cm³/mol. The van der Waals surface area contributed by atoms with Crippen LogP contribution < -0.4 is 5.73 Å². The van der Waals surface area contributed by atoms with E-state index in [1.165, 1.54) is 28.8 Å². The molecular weight excluding hydrogens is 276 g/mol. The lowest BCUT2D eigenvalue weighted by Gasteiger charge is -2.32. The van der Waals surface area contributed by atoms with Gasteiger partial charge in [-0.25, -0.2) is 0 Å². The Hall–Kier alpha value is -1.16. The Balaban J connectivity index is 1.76. The summed E-state index contributed by atoms with van der Waals surface area (Å²) in [5.74, 6) is 0.818. The summed E-state index contributed by atoms with van der Waals surface area (Å²) in [6, 6.07) is 14.1. The first-order valence-corrected chi connectivity index (χ1v) is 8.64. The third-order valence-electron chi connectivity index (χ3n) is 4.65. The summed E-state index contributed by atoms with van der Waals surface area (Å²) in [4.78, 5) is 3.78. The normalized spacial score (nSPS) is 17.9. The zero-order valence-corrected chi connectivity index (χ0v) is 13.6. The van der Waals surface area contributed by atoms with Gasteiger partial charge in [0.2, 0.25) is 0 Å². The number of likely N-dealkylation sites (N-methyl/N-ethyl adjacent to an activating group) is 1. The summed E-state index contributed by atoms with van der Waals surface area (Å²) in [6.07, 6.45) is 2.71. The van der Waals surface area contributed by atoms with Gasteiger partial charge in [-0.1, -0.05) is 30.3 Å². The molecule has 1 fully saturated rings. The molecule has 1 heterocycles. The number of benzene rings is 1. The summed E-state index contributed by atoms with van der Waals surface area (Å²) in [5.41, 5.74) is 8.88. The van der Waals surface area contributed by atoms with Crippen LogP contribution in [-0.2, 0) is 0 Å². The standard InChI is InChI=1S/C18H24N2S/c1-13(18-4-3-11-21-18)20(2)17(12-19)16-9-7-15(8-10-16)14-5-6-14/h3-4,7-11,13-14,17H,5-6,12,19H2,1-2H3. The fourth-order valence-corrected chi connectivity index (χ4v) is 3.78. The Kier molecular flexibility index (Phi) is 4.43. The number of nitrogens with two attached hydrogens (primary N) is 1. The van der Waals surface area contributed by atoms with Crippen molar-refractivity contribution in [3.8, 4) is 0 Å². The summed E-state index contributed by atoms with van der Waals surface area (Å²) >= 11 is 1.81. The second kappa shape index (κ2) is 6.30. The number of rotatable bonds is 6. The molecule has 1 aliphatic carbocycles. The number of hydrogen-bond acceptors (Lipinski definition) is 3. The van der Waals surface area contributed by atoms with Crippen molar-refractivity contribution in [2.24, 2.45) is 5.73 Å². The largest absolute Gasteiger partial charge is 0.329 e. The van der Waals surface area contributed by atoms with Crippen LogP contribution in [0, 0.1) is 0 Å². The molecule has 2 aromatic rings. The van der Waals surface area contributed by atoms with E-state index in [4.69, 9.17) is 5.73 Å². The van der Waals surface area contributed by atoms with Crippen LogP contribution in [-0.4, -0.2) is 18.5 Å². The van der Waals surface area contributed by atoms with Gasteiger partial charge in [0.05, 0.1) is 0 Å². The van der Waals surface area contributed by atoms with Crippen LogP contribution in [0.2, 0.25) is 0 Å². The average Bonchev–Trinajstić information content (AvgIpc) is 3.22. The van der Waals surface area contributed by atoms with Crippen molar-refractivity contribution in [2.75, 3.05) is 13.6 Å². The van der Waals surface area contributed by atoms with Crippen molar-refractivity contribution < 1.29 is 0 Å². The first-order valence-electron chi connectivity index (χ1n) is 7.76. The van der Waals surface area contributed by atoms with E-state index in [0.717, 1.165) is 5.92 Å². The maximum absolute atomic E-state index is 6.07. The van der Waals surface area contributed by atoms with Gasteiger partial charge in [-0.2, -0.15) is 0 Å². The van der Waals surface area contributed by atoms with E-state index in [9.17, 15) is 0 Å². The van der Waals surface area contributed by atoms with Gasteiger partial charge in [0, 0.05) is 23.5 Å². The predicted octanol–water partition coefficient (Wildman–Crippen LogP) is 4.32. The van der Waals surface area contributed by atoms with Gasteiger partial charge in [0.15, 0.2) is 0 Å². The molecule has 0 saturated heterocycles. The van der Waals surface area contributed by atoms with E-state index in [0.29, 0.717) is 12.6 Å². The number of hydrogen-bond donors (Lipinski definition) is 1. The fraction of sp³-hybridized carbons (Fsp3) is 0.444. The summed E-state index contributed by atoms with van der Waals surface area (Å²) in [7, 11) is 2.18. The molecule has 1 saturated carbocycles. The maximum Gasteiger partial charge on any atom is 0.0473 e. The number of nitrogens with zero attached hydrogens (tertiary/aromatic N) is 1. The molecule has 0 bridgehead atoms. The van der Waals surface area contributed by atoms with E-state index in [2.05, 4.69) is 60.6 Å². The molecule has 3 rings (SSSR count). The van der Waals surface area contributed by atoms with Crippen LogP contribution >= 0.6 is 11.3 Å². The summed E-state index contributed by atoms with van der Waals surface area (Å²) < 4.78 is 0. The molecule has 112 valence electrons. The van der Waals surface area contributed by atoms with Crippen LogP contribution in [0.4, 0.5) is 0 Å². The fourth-order valence-electron chi connectivity index (χ4n) is 2.94. The molecule has 0 amide bonds. The smallest absolute Gasteiger partial charge is 0.0473 e. The molecule has 21 heavy (non-hydrogen) atoms. The zero-order chi connectivity index (χ0) is 14.8. The van der Waals surface area contributed by atoms with Crippen molar-refractivity contribution in [3.63, 3.8) is 0 Å². The first-order chi connectivity index (χ1) is 10.2. The van der Waals surface area contributed by atoms with Gasteiger partial charge in [-0.3, -0.25) is 4.90 Å². The van der Waals surface area contributed by atoms with Crippen molar-refractivity contribution in [3.05, 3.63) is 57.8 Å². The van der Waals surface area contributed by atoms with Gasteiger partial charge >= 0.3 is 0 Å². The van der Waals surface area contributed by atoms with Gasteiger partial charge in [-0.05, 0) is 55.3 Å². The third kappa shape index (κ3) is 3.20. The highest BCUT2D eigenvalue weighted by Crippen LogP contribution is 2.40. The Labute approximate surface area is 131 Å². The highest BCUT2D eigenvalue weighted by molar-refractivity contribution is 7.10. The molecule has 2 unspecified atom stereocenters. The first kappa shape index (κ1) is 14.8. The molecule has 0 radical (unpaired) electrons. The highest BCUT2D eigenvalue weighted by atomic mass is 32.1. The van der Waals surface area contributed by atoms with E-state index < -0.39 is 0 Å². The molecule has 1 aliphatic rings. The van der Waals surface area contributed by atoms with Gasteiger partial charge in [0.25, 0.3) is 0 Å². The monoisotopic (exact) mass is 300 g/mol. The average molecular weight is 300 g/mol. The van der Waals surface area contributed by atoms with E-state index in [1.807, 2.05) is 11.3 Å². The second-order valence-corrected chi connectivity index (χ2v) is 7.03. The van der Waals surface area contributed by atoms with E-state index >= 15 is 0 Å². The quantitative estimate of drug-likeness (QED) is 0.861. The minimum atomic E-state index is 0.273. The lowest BCUT2D eigenvalue weighted by Crippen LogP contribution is -2.32. The molecule has 1 aromatic carbocycles. The lowest BCUT2D eigenvalue weighted by atomic mass is 10.0. The maximum atomic E-state index is 6.07. The molecule has 0 aliphatic heterocycles. The summed E-state index contributed by atoms with van der Waals surface area (Å²) in [6.45, 7) is 2.90. The Bertz CT molecular complexity index is 557. The second-order valence-electron chi connectivity index (χ2n) is 6.05. The molecule has 3 heteroatoms. The minimum Gasteiger partial charge on any atom is -0.329 e. The van der Waals surface area contributed by atoms with Gasteiger partial charge in [0.1, 0.15) is 0 Å². The van der Waals surface area contributed by atoms with E-state index in [-0.39, 0.29) is 6.04 Å². The van der Waals surface area contributed by atoms with Crippen LogP contribution in [0.25, 0.3) is 0 Å².